The average Bonchev–Trinajstić information content (AvgIpc) is 2.93. The number of alkyl halides is 3. The molecule has 1 aromatic heterocycles. The summed E-state index contributed by atoms with van der Waals surface area (Å²) in [4.78, 5) is 27.0. The molecular weight excluding hydrogens is 586 g/mol. The van der Waals surface area contributed by atoms with Gasteiger partial charge < -0.3 is 10.4 Å². The van der Waals surface area contributed by atoms with Crippen LogP contribution < -0.4 is 5.32 Å². The normalized spacial score (nSPS) is 11.4. The standard InChI is InChI=1S/C30H21ClF6N2O3/c31-23-12-19(6-7-20(23)16-4-8-24(32)22(10-16)30(35,36)37)38-15-18-11-25(33)26(34)13-21(18)17-5-9-27(39-14-17)28(40)2-1-3-29(41)42/h4-14,38H,1-3,15H2,(H,41,42). The molecule has 1 heterocycles. The second kappa shape index (κ2) is 12.6. The fraction of sp³-hybridized carbons (Fsp3) is 0.167. The van der Waals surface area contributed by atoms with Crippen LogP contribution in [0.2, 0.25) is 5.02 Å². The molecule has 4 rings (SSSR count). The zero-order valence-electron chi connectivity index (χ0n) is 21.5. The molecule has 2 N–H and O–H groups in total. The highest BCUT2D eigenvalue weighted by molar-refractivity contribution is 6.33. The van der Waals surface area contributed by atoms with Gasteiger partial charge in [-0.3, -0.25) is 14.6 Å². The van der Waals surface area contributed by atoms with Crippen LogP contribution in [0.5, 0.6) is 0 Å². The van der Waals surface area contributed by atoms with Gasteiger partial charge in [-0.15, -0.1) is 0 Å². The van der Waals surface area contributed by atoms with Gasteiger partial charge in [0.2, 0.25) is 0 Å². The molecule has 0 saturated heterocycles. The first-order chi connectivity index (χ1) is 19.8. The van der Waals surface area contributed by atoms with E-state index in [-0.39, 0.29) is 59.0 Å². The van der Waals surface area contributed by atoms with Crippen LogP contribution >= 0.6 is 11.6 Å². The Morgan fingerprint density at radius 1 is 0.833 bits per heavy atom. The molecule has 0 radical (unpaired) electrons. The maximum absolute atomic E-state index is 14.2. The Bertz CT molecular complexity index is 1640. The summed E-state index contributed by atoms with van der Waals surface area (Å²) in [5.41, 5.74) is 0.372. The Morgan fingerprint density at radius 3 is 2.19 bits per heavy atom. The lowest BCUT2D eigenvalue weighted by Crippen LogP contribution is -2.08. The fourth-order valence-electron chi connectivity index (χ4n) is 4.22. The van der Waals surface area contributed by atoms with Crippen LogP contribution in [0, 0.1) is 17.5 Å². The van der Waals surface area contributed by atoms with Crippen LogP contribution in [0.3, 0.4) is 0 Å². The molecule has 0 aliphatic heterocycles. The number of benzene rings is 3. The van der Waals surface area contributed by atoms with Crippen LogP contribution in [-0.4, -0.2) is 21.8 Å². The number of carbonyl (C=O) groups is 2. The SMILES string of the molecule is O=C(O)CCCC(=O)c1ccc(-c2cc(F)c(F)cc2CNc2ccc(-c3ccc(F)c(C(F)(F)F)c3)c(Cl)c2)cn1. The van der Waals surface area contributed by atoms with Gasteiger partial charge in [-0.2, -0.15) is 13.2 Å². The van der Waals surface area contributed by atoms with E-state index in [1.807, 2.05) is 0 Å². The number of hydrogen-bond donors (Lipinski definition) is 2. The minimum absolute atomic E-state index is 0.00893. The van der Waals surface area contributed by atoms with Crippen LogP contribution in [0.1, 0.15) is 40.9 Å². The first-order valence-corrected chi connectivity index (χ1v) is 12.8. The number of rotatable bonds is 10. The molecule has 42 heavy (non-hydrogen) atoms. The van der Waals surface area contributed by atoms with Crippen molar-refractivity contribution in [1.82, 2.24) is 4.98 Å². The number of nitrogens with zero attached hydrogens (tertiary/aromatic N) is 1. The van der Waals surface area contributed by atoms with Gasteiger partial charge in [-0.1, -0.05) is 29.8 Å². The number of ketones is 1. The third-order valence-corrected chi connectivity index (χ3v) is 6.65. The van der Waals surface area contributed by atoms with Gasteiger partial charge in [-0.25, -0.2) is 13.2 Å². The summed E-state index contributed by atoms with van der Waals surface area (Å²) in [6.07, 6.45) is -3.58. The topological polar surface area (TPSA) is 79.3 Å². The van der Waals surface area contributed by atoms with Gasteiger partial charge in [0.25, 0.3) is 0 Å². The molecule has 0 amide bonds. The Hall–Kier alpha value is -4.38. The molecule has 0 aliphatic carbocycles. The molecule has 0 bridgehead atoms. The lowest BCUT2D eigenvalue weighted by atomic mass is 9.99. The molecule has 0 aliphatic rings. The molecule has 0 fully saturated rings. The zero-order valence-corrected chi connectivity index (χ0v) is 22.3. The molecule has 4 aromatic rings. The Morgan fingerprint density at radius 2 is 1.55 bits per heavy atom. The molecule has 0 unspecified atom stereocenters. The minimum Gasteiger partial charge on any atom is -0.481 e. The first kappa shape index (κ1) is 30.6. The predicted octanol–water partition coefficient (Wildman–Crippen LogP) is 8.55. The van der Waals surface area contributed by atoms with E-state index < -0.39 is 35.2 Å². The van der Waals surface area contributed by atoms with Crippen molar-refractivity contribution >= 4 is 29.0 Å². The van der Waals surface area contributed by atoms with E-state index in [9.17, 15) is 35.9 Å². The number of aromatic nitrogens is 1. The molecule has 5 nitrogen and oxygen atoms in total. The average molecular weight is 607 g/mol. The summed E-state index contributed by atoms with van der Waals surface area (Å²) in [5, 5.41) is 11.8. The number of aliphatic carboxylic acids is 1. The third kappa shape index (κ3) is 7.27. The molecule has 0 spiro atoms. The van der Waals surface area contributed by atoms with Crippen LogP contribution in [0.4, 0.5) is 32.0 Å². The fourth-order valence-corrected chi connectivity index (χ4v) is 4.51. The summed E-state index contributed by atoms with van der Waals surface area (Å²) in [6.45, 7) is -0.0210. The summed E-state index contributed by atoms with van der Waals surface area (Å²) in [7, 11) is 0. The van der Waals surface area contributed by atoms with E-state index in [1.54, 1.807) is 0 Å². The summed E-state index contributed by atoms with van der Waals surface area (Å²) >= 11 is 6.32. The maximum atomic E-state index is 14.2. The van der Waals surface area contributed by atoms with E-state index in [0.717, 1.165) is 12.1 Å². The van der Waals surface area contributed by atoms with Crippen LogP contribution in [0.15, 0.2) is 66.9 Å². The number of halogens is 7. The van der Waals surface area contributed by atoms with Gasteiger partial charge in [0.15, 0.2) is 17.4 Å². The number of carboxylic acids is 1. The van der Waals surface area contributed by atoms with Crippen molar-refractivity contribution in [1.29, 1.82) is 0 Å². The summed E-state index contributed by atoms with van der Waals surface area (Å²) in [6, 6.07) is 11.9. The lowest BCUT2D eigenvalue weighted by molar-refractivity contribution is -0.140. The molecule has 3 aromatic carbocycles. The predicted molar refractivity (Wildman–Crippen MR) is 145 cm³/mol. The molecule has 218 valence electrons. The van der Waals surface area contributed by atoms with Crippen molar-refractivity contribution in [3.8, 4) is 22.3 Å². The third-order valence-electron chi connectivity index (χ3n) is 6.34. The number of Topliss-reactive ketones (excluding diaryl/α,β-unsaturated/α-hetero) is 1. The number of carboxylic acid groups (broad SMARTS) is 1. The van der Waals surface area contributed by atoms with Gasteiger partial charge in [-0.05, 0) is 65.6 Å². The Kier molecular flexibility index (Phi) is 9.20. The Labute approximate surface area is 240 Å². The molecule has 0 atom stereocenters. The highest BCUT2D eigenvalue weighted by Crippen LogP contribution is 2.37. The van der Waals surface area contributed by atoms with Crippen LogP contribution in [-0.2, 0) is 17.5 Å². The van der Waals surface area contributed by atoms with Crippen molar-refractivity contribution < 1.29 is 41.0 Å². The molecule has 0 saturated carbocycles. The van der Waals surface area contributed by atoms with Crippen LogP contribution in [0.25, 0.3) is 22.3 Å². The lowest BCUT2D eigenvalue weighted by Gasteiger charge is -2.15. The van der Waals surface area contributed by atoms with E-state index in [2.05, 4.69) is 10.3 Å². The Balaban J connectivity index is 1.53. The molecular formula is C30H21ClF6N2O3. The van der Waals surface area contributed by atoms with Gasteiger partial charge >= 0.3 is 12.1 Å². The number of nitrogens with one attached hydrogen (secondary N) is 1. The monoisotopic (exact) mass is 606 g/mol. The smallest absolute Gasteiger partial charge is 0.419 e. The highest BCUT2D eigenvalue weighted by atomic mass is 35.5. The quantitative estimate of drug-likeness (QED) is 0.140. The van der Waals surface area contributed by atoms with Crippen molar-refractivity contribution in [3.05, 3.63) is 106 Å². The van der Waals surface area contributed by atoms with Gasteiger partial charge in [0.1, 0.15) is 11.5 Å². The van der Waals surface area contributed by atoms with Crippen molar-refractivity contribution in [2.75, 3.05) is 5.32 Å². The van der Waals surface area contributed by atoms with Gasteiger partial charge in [0.05, 0.1) is 10.6 Å². The van der Waals surface area contributed by atoms with E-state index >= 15 is 0 Å². The second-order valence-electron chi connectivity index (χ2n) is 9.27. The minimum atomic E-state index is -4.89. The summed E-state index contributed by atoms with van der Waals surface area (Å²) < 4.78 is 81.4. The van der Waals surface area contributed by atoms with E-state index in [0.29, 0.717) is 28.9 Å². The number of pyridine rings is 1. The number of anilines is 1. The van der Waals surface area contributed by atoms with Gasteiger partial charge in [0, 0.05) is 42.4 Å². The van der Waals surface area contributed by atoms with E-state index in [4.69, 9.17) is 16.7 Å². The number of hydrogen-bond acceptors (Lipinski definition) is 4. The van der Waals surface area contributed by atoms with Crippen molar-refractivity contribution in [2.45, 2.75) is 32.0 Å². The summed E-state index contributed by atoms with van der Waals surface area (Å²) in [5.74, 6) is -4.98. The maximum Gasteiger partial charge on any atom is 0.419 e. The largest absolute Gasteiger partial charge is 0.481 e. The van der Waals surface area contributed by atoms with E-state index in [1.165, 1.54) is 42.6 Å². The zero-order chi connectivity index (χ0) is 30.6. The molecule has 12 heteroatoms. The second-order valence-corrected chi connectivity index (χ2v) is 9.67. The van der Waals surface area contributed by atoms with Crippen molar-refractivity contribution in [2.24, 2.45) is 0 Å². The van der Waals surface area contributed by atoms with Crippen molar-refractivity contribution in [3.63, 3.8) is 0 Å². The number of carbonyl (C=O) groups excluding carboxylic acids is 1. The highest BCUT2D eigenvalue weighted by Gasteiger charge is 2.34. The first-order valence-electron chi connectivity index (χ1n) is 12.4.